The molecule has 0 atom stereocenters. The Labute approximate surface area is 131 Å². The van der Waals surface area contributed by atoms with Gasteiger partial charge in [0, 0.05) is 49.5 Å². The van der Waals surface area contributed by atoms with Gasteiger partial charge >= 0.3 is 5.69 Å². The minimum absolute atomic E-state index is 0.0351. The number of piperazine rings is 1. The number of rotatable bonds is 4. The Morgan fingerprint density at radius 3 is 2.41 bits per heavy atom. The van der Waals surface area contributed by atoms with Crippen molar-refractivity contribution in [2.45, 2.75) is 25.3 Å². The molecule has 1 aromatic carbocycles. The van der Waals surface area contributed by atoms with Gasteiger partial charge in [0.25, 0.3) is 0 Å². The van der Waals surface area contributed by atoms with E-state index in [1.165, 1.54) is 20.0 Å². The Kier molecular flexibility index (Phi) is 3.76. The second kappa shape index (κ2) is 5.46. The van der Waals surface area contributed by atoms with E-state index in [2.05, 4.69) is 16.7 Å². The van der Waals surface area contributed by atoms with Crippen molar-refractivity contribution >= 4 is 24.7 Å². The van der Waals surface area contributed by atoms with Crippen LogP contribution in [-0.2, 0) is 0 Å². The molecule has 1 aliphatic carbocycles. The van der Waals surface area contributed by atoms with Gasteiger partial charge < -0.3 is 9.64 Å². The zero-order chi connectivity index (χ0) is 15.9. The van der Waals surface area contributed by atoms with Crippen LogP contribution in [0.25, 0.3) is 0 Å². The lowest BCUT2D eigenvalue weighted by atomic mass is 9.92. The van der Waals surface area contributed by atoms with Crippen molar-refractivity contribution < 1.29 is 9.66 Å². The summed E-state index contributed by atoms with van der Waals surface area (Å²) in [5.74, 6) is 0.335. The van der Waals surface area contributed by atoms with Crippen molar-refractivity contribution in [1.29, 1.82) is 0 Å². The molecular weight excluding hydrogens is 281 g/mol. The van der Waals surface area contributed by atoms with Gasteiger partial charge in [-0.3, -0.25) is 15.0 Å². The summed E-state index contributed by atoms with van der Waals surface area (Å²) in [4.78, 5) is 15.6. The van der Waals surface area contributed by atoms with E-state index < -0.39 is 0 Å². The molecule has 0 unspecified atom stereocenters. The van der Waals surface area contributed by atoms with Gasteiger partial charge in [-0.1, -0.05) is 5.46 Å². The van der Waals surface area contributed by atoms with Crippen molar-refractivity contribution in [3.63, 3.8) is 0 Å². The van der Waals surface area contributed by atoms with Crippen molar-refractivity contribution in [3.05, 3.63) is 22.2 Å². The van der Waals surface area contributed by atoms with Crippen molar-refractivity contribution in [2.75, 3.05) is 38.2 Å². The molecule has 0 N–H and O–H groups in total. The van der Waals surface area contributed by atoms with Gasteiger partial charge in [-0.2, -0.15) is 0 Å². The van der Waals surface area contributed by atoms with Crippen LogP contribution in [-0.4, -0.2) is 56.5 Å². The first-order valence-corrected chi connectivity index (χ1v) is 7.78. The average Bonchev–Trinajstić information content (AvgIpc) is 3.26. The largest absolute Gasteiger partial charge is 0.490 e. The lowest BCUT2D eigenvalue weighted by Crippen LogP contribution is -2.51. The van der Waals surface area contributed by atoms with Gasteiger partial charge in [-0.25, -0.2) is 0 Å². The standard InChI is InChI=1S/C15H22BN3O3/c1-15(3-4-15)18-7-5-17(6-8-18)12-10-14(22-2)13(19(20)21)9-11(12)16/h9-10H,3-8,16H2,1-2H3. The maximum Gasteiger partial charge on any atom is 0.310 e. The fourth-order valence-corrected chi connectivity index (χ4v) is 3.29. The summed E-state index contributed by atoms with van der Waals surface area (Å²) < 4.78 is 5.20. The molecule has 2 aliphatic rings. The third-order valence-corrected chi connectivity index (χ3v) is 5.05. The number of hydrogen-bond acceptors (Lipinski definition) is 5. The van der Waals surface area contributed by atoms with Crippen LogP contribution >= 0.6 is 0 Å². The smallest absolute Gasteiger partial charge is 0.310 e. The van der Waals surface area contributed by atoms with E-state index in [0.29, 0.717) is 11.3 Å². The normalized spacial score (nSPS) is 20.7. The van der Waals surface area contributed by atoms with E-state index in [1.807, 2.05) is 13.9 Å². The van der Waals surface area contributed by atoms with Crippen LogP contribution in [0.2, 0.25) is 0 Å². The van der Waals surface area contributed by atoms with Crippen LogP contribution < -0.4 is 15.1 Å². The lowest BCUT2D eigenvalue weighted by Gasteiger charge is -2.40. The maximum absolute atomic E-state index is 11.1. The van der Waals surface area contributed by atoms with Gasteiger partial charge in [0.05, 0.1) is 12.0 Å². The summed E-state index contributed by atoms with van der Waals surface area (Å²) in [5, 5.41) is 11.1. The molecule has 3 rings (SSSR count). The SMILES string of the molecule is Bc1cc([N+](=O)[O-])c(OC)cc1N1CCN(C2(C)CC2)CC1. The predicted molar refractivity (Wildman–Crippen MR) is 89.3 cm³/mol. The predicted octanol–water partition coefficient (Wildman–Crippen LogP) is 0.536. The lowest BCUT2D eigenvalue weighted by molar-refractivity contribution is -0.385. The highest BCUT2D eigenvalue weighted by molar-refractivity contribution is 6.36. The van der Waals surface area contributed by atoms with Crippen LogP contribution in [0.3, 0.4) is 0 Å². The molecule has 1 saturated heterocycles. The molecule has 7 heteroatoms. The molecule has 0 aromatic heterocycles. The van der Waals surface area contributed by atoms with Gasteiger partial charge in [0.15, 0.2) is 5.75 Å². The highest BCUT2D eigenvalue weighted by Crippen LogP contribution is 2.41. The molecule has 1 aliphatic heterocycles. The summed E-state index contributed by atoms with van der Waals surface area (Å²) in [6, 6.07) is 3.42. The second-order valence-corrected chi connectivity index (χ2v) is 6.54. The van der Waals surface area contributed by atoms with Crippen LogP contribution in [0.1, 0.15) is 19.8 Å². The van der Waals surface area contributed by atoms with Gasteiger partial charge in [0.2, 0.25) is 0 Å². The monoisotopic (exact) mass is 303 g/mol. The number of methoxy groups -OCH3 is 1. The Balaban J connectivity index is 1.79. The molecule has 0 amide bonds. The number of benzene rings is 1. The number of nitro groups is 1. The van der Waals surface area contributed by atoms with E-state index >= 15 is 0 Å². The number of nitro benzene ring substituents is 1. The molecule has 1 aromatic rings. The summed E-state index contributed by atoms with van der Waals surface area (Å²) in [6.07, 6.45) is 2.61. The summed E-state index contributed by atoms with van der Waals surface area (Å²) in [5.41, 5.74) is 2.43. The quantitative estimate of drug-likeness (QED) is 0.461. The highest BCUT2D eigenvalue weighted by Gasteiger charge is 2.43. The first-order chi connectivity index (χ1) is 10.4. The Morgan fingerprint density at radius 2 is 1.91 bits per heavy atom. The van der Waals surface area contributed by atoms with E-state index in [4.69, 9.17) is 4.74 Å². The first kappa shape index (κ1) is 15.2. The number of nitrogens with zero attached hydrogens (tertiary/aromatic N) is 3. The van der Waals surface area contributed by atoms with Crippen molar-refractivity contribution in [1.82, 2.24) is 4.90 Å². The Morgan fingerprint density at radius 1 is 1.27 bits per heavy atom. The van der Waals surface area contributed by atoms with Gasteiger partial charge in [0.1, 0.15) is 7.85 Å². The van der Waals surface area contributed by atoms with Gasteiger partial charge in [-0.15, -0.1) is 0 Å². The second-order valence-electron chi connectivity index (χ2n) is 6.54. The number of anilines is 1. The minimum Gasteiger partial charge on any atom is -0.490 e. The first-order valence-electron chi connectivity index (χ1n) is 7.78. The average molecular weight is 303 g/mol. The third-order valence-electron chi connectivity index (χ3n) is 5.05. The highest BCUT2D eigenvalue weighted by atomic mass is 16.6. The molecule has 0 radical (unpaired) electrons. The van der Waals surface area contributed by atoms with Crippen LogP contribution in [0.4, 0.5) is 11.4 Å². The van der Waals surface area contributed by atoms with Crippen molar-refractivity contribution in [2.24, 2.45) is 0 Å². The Hall–Kier alpha value is -1.76. The molecule has 6 nitrogen and oxygen atoms in total. The summed E-state index contributed by atoms with van der Waals surface area (Å²) >= 11 is 0. The molecule has 1 saturated carbocycles. The number of ether oxygens (including phenoxy) is 1. The van der Waals surface area contributed by atoms with Crippen LogP contribution in [0.5, 0.6) is 5.75 Å². The minimum atomic E-state index is -0.387. The van der Waals surface area contributed by atoms with Crippen LogP contribution in [0, 0.1) is 10.1 Å². The number of hydrogen-bond donors (Lipinski definition) is 0. The summed E-state index contributed by atoms with van der Waals surface area (Å²) in [6.45, 7) is 6.35. The molecule has 0 spiro atoms. The molecule has 1 heterocycles. The zero-order valence-corrected chi connectivity index (χ0v) is 13.5. The fraction of sp³-hybridized carbons (Fsp3) is 0.600. The van der Waals surface area contributed by atoms with E-state index in [9.17, 15) is 10.1 Å². The molecule has 0 bridgehead atoms. The zero-order valence-electron chi connectivity index (χ0n) is 13.5. The summed E-state index contributed by atoms with van der Waals surface area (Å²) in [7, 11) is 3.41. The van der Waals surface area contributed by atoms with Crippen LogP contribution in [0.15, 0.2) is 12.1 Å². The van der Waals surface area contributed by atoms with Gasteiger partial charge in [-0.05, 0) is 19.8 Å². The van der Waals surface area contributed by atoms with E-state index in [0.717, 1.165) is 37.3 Å². The van der Waals surface area contributed by atoms with Crippen molar-refractivity contribution in [3.8, 4) is 5.75 Å². The van der Waals surface area contributed by atoms with E-state index in [1.54, 1.807) is 6.07 Å². The van der Waals surface area contributed by atoms with E-state index in [-0.39, 0.29) is 10.6 Å². The molecule has 2 fully saturated rings. The fourth-order valence-electron chi connectivity index (χ4n) is 3.29. The maximum atomic E-state index is 11.1. The Bertz CT molecular complexity index is 596. The third kappa shape index (κ3) is 2.65. The molecular formula is C15H22BN3O3. The molecule has 22 heavy (non-hydrogen) atoms. The topological polar surface area (TPSA) is 58.9 Å². The molecule has 118 valence electrons.